The fourth-order valence-electron chi connectivity index (χ4n) is 3.18. The normalized spacial score (nSPS) is 11.8. The molecule has 2 aromatic heterocycles. The van der Waals surface area contributed by atoms with Crippen LogP contribution in [0.25, 0.3) is 0 Å². The van der Waals surface area contributed by atoms with Gasteiger partial charge in [0.15, 0.2) is 5.69 Å². The van der Waals surface area contributed by atoms with Gasteiger partial charge in [0.05, 0.1) is 0 Å². The highest BCUT2D eigenvalue weighted by molar-refractivity contribution is 6.03. The van der Waals surface area contributed by atoms with Crippen molar-refractivity contribution in [2.45, 2.75) is 46.6 Å². The molecule has 8 heteroatoms. The fraction of sp³-hybridized carbons (Fsp3) is 0.304. The summed E-state index contributed by atoms with van der Waals surface area (Å²) in [7, 11) is 0. The van der Waals surface area contributed by atoms with Gasteiger partial charge in [-0.3, -0.25) is 9.59 Å². The summed E-state index contributed by atoms with van der Waals surface area (Å²) in [6.45, 7) is 7.14. The van der Waals surface area contributed by atoms with Crippen molar-refractivity contribution in [3.63, 3.8) is 0 Å². The highest BCUT2D eigenvalue weighted by atomic mass is 19.1. The summed E-state index contributed by atoms with van der Waals surface area (Å²) in [5, 5.41) is 5.54. The molecule has 2 amide bonds. The summed E-state index contributed by atoms with van der Waals surface area (Å²) in [6.07, 6.45) is 0.724. The van der Waals surface area contributed by atoms with Gasteiger partial charge in [-0.1, -0.05) is 12.1 Å². The van der Waals surface area contributed by atoms with Gasteiger partial charge in [-0.05, 0) is 69.5 Å². The molecule has 7 nitrogen and oxygen atoms in total. The van der Waals surface area contributed by atoms with Gasteiger partial charge >= 0.3 is 0 Å². The molecule has 1 atom stereocenters. The molecule has 162 valence electrons. The van der Waals surface area contributed by atoms with Gasteiger partial charge in [-0.25, -0.2) is 14.4 Å². The van der Waals surface area contributed by atoms with E-state index in [2.05, 4.69) is 20.6 Å². The molecule has 0 aliphatic heterocycles. The predicted molar refractivity (Wildman–Crippen MR) is 114 cm³/mol. The smallest absolute Gasteiger partial charge is 0.279 e. The van der Waals surface area contributed by atoms with E-state index >= 15 is 0 Å². The van der Waals surface area contributed by atoms with Crippen LogP contribution in [0, 0.1) is 26.6 Å². The molecule has 31 heavy (non-hydrogen) atoms. The summed E-state index contributed by atoms with van der Waals surface area (Å²) < 4.78 is 18.6. The van der Waals surface area contributed by atoms with E-state index in [1.807, 2.05) is 19.9 Å². The molecule has 3 rings (SSSR count). The van der Waals surface area contributed by atoms with Crippen LogP contribution in [0.5, 0.6) is 0 Å². The van der Waals surface area contributed by atoms with Gasteiger partial charge in [0.25, 0.3) is 5.91 Å². The number of nitrogens with one attached hydrogen (secondary N) is 2. The van der Waals surface area contributed by atoms with Crippen LogP contribution in [-0.2, 0) is 11.2 Å². The Labute approximate surface area is 180 Å². The van der Waals surface area contributed by atoms with Crippen molar-refractivity contribution in [2.75, 3.05) is 5.32 Å². The molecule has 1 aromatic carbocycles. The van der Waals surface area contributed by atoms with Crippen LogP contribution in [0.2, 0.25) is 0 Å². The third kappa shape index (κ3) is 5.97. The van der Waals surface area contributed by atoms with Crippen molar-refractivity contribution in [1.29, 1.82) is 0 Å². The second-order valence-corrected chi connectivity index (χ2v) is 7.50. The zero-order chi connectivity index (χ0) is 22.5. The van der Waals surface area contributed by atoms with Crippen LogP contribution in [0.1, 0.15) is 58.3 Å². The van der Waals surface area contributed by atoms with Gasteiger partial charge < -0.3 is 15.1 Å². The van der Waals surface area contributed by atoms with Gasteiger partial charge in [0, 0.05) is 12.1 Å². The third-order valence-corrected chi connectivity index (χ3v) is 4.67. The van der Waals surface area contributed by atoms with Crippen molar-refractivity contribution in [2.24, 2.45) is 0 Å². The average molecular weight is 424 g/mol. The number of nitrogens with zero attached hydrogens (tertiary/aromatic N) is 2. The van der Waals surface area contributed by atoms with E-state index in [1.165, 1.54) is 12.1 Å². The van der Waals surface area contributed by atoms with Crippen LogP contribution >= 0.6 is 0 Å². The SMILES string of the molecule is Cc1cc(C)nc(NC(=O)c2nc([C@@H](C)NC(=O)CCc3ccc(F)cc3)oc2C)c1. The summed E-state index contributed by atoms with van der Waals surface area (Å²) in [5.74, 6) is 0.0937. The molecule has 0 saturated carbocycles. The zero-order valence-electron chi connectivity index (χ0n) is 18.0. The first-order valence-corrected chi connectivity index (χ1v) is 9.99. The minimum absolute atomic E-state index is 0.142. The summed E-state index contributed by atoms with van der Waals surface area (Å²) in [5.41, 5.74) is 2.79. The van der Waals surface area contributed by atoms with E-state index < -0.39 is 11.9 Å². The maximum atomic E-state index is 13.0. The number of aryl methyl sites for hydroxylation is 4. The first-order valence-electron chi connectivity index (χ1n) is 9.99. The molecule has 3 aromatic rings. The molecule has 0 spiro atoms. The van der Waals surface area contributed by atoms with E-state index in [4.69, 9.17) is 4.42 Å². The Morgan fingerprint density at radius 1 is 1.10 bits per heavy atom. The van der Waals surface area contributed by atoms with E-state index in [1.54, 1.807) is 32.0 Å². The molecule has 0 saturated heterocycles. The largest absolute Gasteiger partial charge is 0.443 e. The first kappa shape index (κ1) is 22.1. The predicted octanol–water partition coefficient (Wildman–Crippen LogP) is 4.20. The van der Waals surface area contributed by atoms with Gasteiger partial charge in [0.1, 0.15) is 23.4 Å². The number of halogens is 1. The topological polar surface area (TPSA) is 97.1 Å². The molecule has 2 heterocycles. The number of carbonyl (C=O) groups is 2. The van der Waals surface area contributed by atoms with Crippen molar-refractivity contribution in [1.82, 2.24) is 15.3 Å². The second-order valence-electron chi connectivity index (χ2n) is 7.50. The Hall–Kier alpha value is -3.55. The number of amides is 2. The molecule has 0 aliphatic rings. The Morgan fingerprint density at radius 3 is 2.48 bits per heavy atom. The second kappa shape index (κ2) is 9.51. The van der Waals surface area contributed by atoms with E-state index in [9.17, 15) is 14.0 Å². The van der Waals surface area contributed by atoms with Gasteiger partial charge in [-0.15, -0.1) is 0 Å². The standard InChI is InChI=1S/C23H25FN4O3/c1-13-11-14(2)25-19(12-13)27-22(30)21-16(4)31-23(28-21)15(3)26-20(29)10-7-17-5-8-18(24)9-6-17/h5-6,8-9,11-12,15H,7,10H2,1-4H3,(H,26,29)(H,25,27,30)/t15-/m1/s1. The van der Waals surface area contributed by atoms with Gasteiger partial charge in [0.2, 0.25) is 11.8 Å². The maximum Gasteiger partial charge on any atom is 0.279 e. The fourth-order valence-corrected chi connectivity index (χ4v) is 3.18. The van der Waals surface area contributed by atoms with E-state index in [-0.39, 0.29) is 29.7 Å². The number of pyridine rings is 1. The molecule has 0 fully saturated rings. The number of aromatic nitrogens is 2. The summed E-state index contributed by atoms with van der Waals surface area (Å²) >= 11 is 0. The van der Waals surface area contributed by atoms with Crippen molar-refractivity contribution in [3.05, 3.63) is 76.4 Å². The molecule has 2 N–H and O–H groups in total. The third-order valence-electron chi connectivity index (χ3n) is 4.67. The van der Waals surface area contributed by atoms with Crippen LogP contribution in [0.4, 0.5) is 10.2 Å². The Balaban J connectivity index is 1.60. The van der Waals surface area contributed by atoms with E-state index in [0.29, 0.717) is 18.0 Å². The van der Waals surface area contributed by atoms with Crippen LogP contribution < -0.4 is 10.6 Å². The van der Waals surface area contributed by atoms with Crippen molar-refractivity contribution in [3.8, 4) is 0 Å². The Bertz CT molecular complexity index is 1070. The number of rotatable bonds is 7. The van der Waals surface area contributed by atoms with Crippen molar-refractivity contribution < 1.29 is 18.4 Å². The Morgan fingerprint density at radius 2 is 1.81 bits per heavy atom. The molecular weight excluding hydrogens is 399 g/mol. The number of carbonyl (C=O) groups excluding carboxylic acids is 2. The lowest BCUT2D eigenvalue weighted by Crippen LogP contribution is -2.27. The molecule has 0 aliphatic carbocycles. The highest BCUT2D eigenvalue weighted by Crippen LogP contribution is 2.18. The minimum Gasteiger partial charge on any atom is -0.443 e. The van der Waals surface area contributed by atoms with E-state index in [0.717, 1.165) is 16.8 Å². The molecule has 0 unspecified atom stereocenters. The quantitative estimate of drug-likeness (QED) is 0.593. The number of anilines is 1. The van der Waals surface area contributed by atoms with Gasteiger partial charge in [-0.2, -0.15) is 0 Å². The number of hydrogen-bond acceptors (Lipinski definition) is 5. The highest BCUT2D eigenvalue weighted by Gasteiger charge is 2.22. The van der Waals surface area contributed by atoms with Crippen molar-refractivity contribution >= 4 is 17.6 Å². The lowest BCUT2D eigenvalue weighted by molar-refractivity contribution is -0.121. The Kier molecular flexibility index (Phi) is 6.79. The molecule has 0 bridgehead atoms. The monoisotopic (exact) mass is 424 g/mol. The minimum atomic E-state index is -0.514. The number of hydrogen-bond donors (Lipinski definition) is 2. The zero-order valence-corrected chi connectivity index (χ0v) is 18.0. The van der Waals surface area contributed by atoms with Crippen LogP contribution in [-0.4, -0.2) is 21.8 Å². The lowest BCUT2D eigenvalue weighted by atomic mass is 10.1. The lowest BCUT2D eigenvalue weighted by Gasteiger charge is -2.10. The summed E-state index contributed by atoms with van der Waals surface area (Å²) in [6, 6.07) is 9.20. The average Bonchev–Trinajstić information content (AvgIpc) is 3.09. The number of benzene rings is 1. The summed E-state index contributed by atoms with van der Waals surface area (Å²) in [4.78, 5) is 33.4. The van der Waals surface area contributed by atoms with Crippen LogP contribution in [0.3, 0.4) is 0 Å². The molecular formula is C23H25FN4O3. The molecule has 0 radical (unpaired) electrons. The maximum absolute atomic E-state index is 13.0. The number of oxazole rings is 1. The first-order chi connectivity index (χ1) is 14.7. The van der Waals surface area contributed by atoms with Crippen LogP contribution in [0.15, 0.2) is 40.8 Å².